The summed E-state index contributed by atoms with van der Waals surface area (Å²) in [5.41, 5.74) is 1.92. The summed E-state index contributed by atoms with van der Waals surface area (Å²) in [5.74, 6) is 4.33. The fraction of sp³-hybridized carbons (Fsp3) is 0.0909. The molecular weight excluding hydrogens is 283 g/mol. The second-order valence-corrected chi connectivity index (χ2v) is 3.80. The highest BCUT2D eigenvalue weighted by Crippen LogP contribution is 2.31. The van der Waals surface area contributed by atoms with E-state index in [0.717, 1.165) is 12.4 Å². The van der Waals surface area contributed by atoms with Gasteiger partial charge in [-0.2, -0.15) is 0 Å². The van der Waals surface area contributed by atoms with E-state index in [9.17, 15) is 14.5 Å². The van der Waals surface area contributed by atoms with Crippen LogP contribution in [0.2, 0.25) is 0 Å². The first-order chi connectivity index (χ1) is 10.1. The van der Waals surface area contributed by atoms with Gasteiger partial charge in [0.05, 0.1) is 12.0 Å². The molecule has 0 unspecified atom stereocenters. The van der Waals surface area contributed by atoms with Crippen LogP contribution in [0.25, 0.3) is 0 Å². The maximum absolute atomic E-state index is 13.6. The molecule has 2 aromatic rings. The highest BCUT2D eigenvalue weighted by atomic mass is 19.1. The summed E-state index contributed by atoms with van der Waals surface area (Å²) >= 11 is 0. The summed E-state index contributed by atoms with van der Waals surface area (Å²) in [4.78, 5) is 17.8. The zero-order valence-corrected chi connectivity index (χ0v) is 10.8. The van der Waals surface area contributed by atoms with Gasteiger partial charge in [-0.15, -0.1) is 0 Å². The van der Waals surface area contributed by atoms with Gasteiger partial charge >= 0.3 is 5.69 Å². The lowest BCUT2D eigenvalue weighted by Gasteiger charge is -2.09. The zero-order chi connectivity index (χ0) is 15.4. The van der Waals surface area contributed by atoms with Crippen LogP contribution in [0.1, 0.15) is 0 Å². The number of halogens is 1. The minimum absolute atomic E-state index is 0.0575. The molecule has 0 aliphatic rings. The number of nitrogen functional groups attached to an aromatic ring is 1. The third kappa shape index (κ3) is 2.95. The molecule has 2 rings (SSSR count). The fourth-order valence-corrected chi connectivity index (χ4v) is 1.63. The average molecular weight is 294 g/mol. The molecule has 0 saturated carbocycles. The van der Waals surface area contributed by atoms with Gasteiger partial charge < -0.3 is 15.5 Å². The van der Waals surface area contributed by atoms with Gasteiger partial charge in [0.25, 0.3) is 0 Å². The zero-order valence-electron chi connectivity index (χ0n) is 10.8. The van der Waals surface area contributed by atoms with E-state index in [1.807, 2.05) is 0 Å². The first-order valence-corrected chi connectivity index (χ1v) is 5.63. The molecule has 1 heterocycles. The molecule has 0 amide bonds. The van der Waals surface area contributed by atoms with Crippen molar-refractivity contribution in [3.8, 4) is 5.75 Å². The number of ether oxygens (including phenoxy) is 1. The molecule has 0 fully saturated rings. The predicted octanol–water partition coefficient (Wildman–Crippen LogP) is 1.56. The molecule has 110 valence electrons. The Morgan fingerprint density at radius 2 is 2.10 bits per heavy atom. The number of hydrogen-bond acceptors (Lipinski definition) is 8. The standard InChI is InChI=1S/C11H11FN6O3/c1-21-8-3-2-6(4-7(8)12)16-10-9(18(19)20)11(17-13)15-5-14-10/h2-5H,13H2,1H3,(H2,14,15,16,17). The van der Waals surface area contributed by atoms with Crippen molar-refractivity contribution in [2.75, 3.05) is 17.9 Å². The van der Waals surface area contributed by atoms with Gasteiger partial charge in [-0.05, 0) is 12.1 Å². The van der Waals surface area contributed by atoms with Crippen LogP contribution in [0.4, 0.5) is 27.4 Å². The number of aromatic nitrogens is 2. The van der Waals surface area contributed by atoms with Gasteiger partial charge in [-0.1, -0.05) is 0 Å². The maximum Gasteiger partial charge on any atom is 0.354 e. The molecule has 10 heteroatoms. The number of rotatable bonds is 5. The smallest absolute Gasteiger partial charge is 0.354 e. The Morgan fingerprint density at radius 1 is 1.38 bits per heavy atom. The quantitative estimate of drug-likeness (QED) is 0.430. The summed E-state index contributed by atoms with van der Waals surface area (Å²) in [7, 11) is 1.33. The fourth-order valence-electron chi connectivity index (χ4n) is 1.63. The van der Waals surface area contributed by atoms with Crippen LogP contribution in [-0.2, 0) is 0 Å². The Kier molecular flexibility index (Phi) is 4.09. The van der Waals surface area contributed by atoms with E-state index in [2.05, 4.69) is 20.7 Å². The normalized spacial score (nSPS) is 10.0. The van der Waals surface area contributed by atoms with Crippen molar-refractivity contribution in [2.45, 2.75) is 0 Å². The van der Waals surface area contributed by atoms with E-state index in [4.69, 9.17) is 10.6 Å². The number of hydrazine groups is 1. The molecule has 0 aliphatic heterocycles. The van der Waals surface area contributed by atoms with Crippen LogP contribution in [0.3, 0.4) is 0 Å². The predicted molar refractivity (Wildman–Crippen MR) is 72.7 cm³/mol. The van der Waals surface area contributed by atoms with Crippen molar-refractivity contribution in [1.82, 2.24) is 9.97 Å². The number of anilines is 3. The molecule has 9 nitrogen and oxygen atoms in total. The Labute approximate surface area is 118 Å². The summed E-state index contributed by atoms with van der Waals surface area (Å²) in [6, 6.07) is 4.00. The highest BCUT2D eigenvalue weighted by molar-refractivity contribution is 5.73. The topological polar surface area (TPSA) is 128 Å². The van der Waals surface area contributed by atoms with Crippen LogP contribution in [0, 0.1) is 15.9 Å². The second kappa shape index (κ2) is 5.96. The van der Waals surface area contributed by atoms with Crippen molar-refractivity contribution in [3.63, 3.8) is 0 Å². The number of nitrogens with one attached hydrogen (secondary N) is 2. The summed E-state index contributed by atoms with van der Waals surface area (Å²) < 4.78 is 18.4. The number of nitrogens with two attached hydrogens (primary N) is 1. The maximum atomic E-state index is 13.6. The molecule has 0 spiro atoms. The summed E-state index contributed by atoms with van der Waals surface area (Å²) in [6.45, 7) is 0. The molecule has 1 aromatic carbocycles. The number of methoxy groups -OCH3 is 1. The average Bonchev–Trinajstić information content (AvgIpc) is 2.46. The highest BCUT2D eigenvalue weighted by Gasteiger charge is 2.22. The van der Waals surface area contributed by atoms with Crippen LogP contribution in [0.5, 0.6) is 5.75 Å². The Bertz CT molecular complexity index is 681. The van der Waals surface area contributed by atoms with Gasteiger partial charge in [0, 0.05) is 11.8 Å². The van der Waals surface area contributed by atoms with Crippen LogP contribution in [0.15, 0.2) is 24.5 Å². The lowest BCUT2D eigenvalue weighted by molar-refractivity contribution is -0.383. The molecule has 0 saturated heterocycles. The van der Waals surface area contributed by atoms with E-state index >= 15 is 0 Å². The molecule has 0 atom stereocenters. The van der Waals surface area contributed by atoms with E-state index in [-0.39, 0.29) is 23.1 Å². The number of nitrogens with zero attached hydrogens (tertiary/aromatic N) is 3. The Balaban J connectivity index is 2.40. The van der Waals surface area contributed by atoms with E-state index in [0.29, 0.717) is 0 Å². The van der Waals surface area contributed by atoms with Crippen LogP contribution < -0.4 is 21.3 Å². The summed E-state index contributed by atoms with van der Waals surface area (Å²) in [6.07, 6.45) is 1.09. The minimum Gasteiger partial charge on any atom is -0.494 e. The number of benzene rings is 1. The Hall–Kier alpha value is -3.01. The monoisotopic (exact) mass is 294 g/mol. The van der Waals surface area contributed by atoms with Crippen molar-refractivity contribution >= 4 is 23.0 Å². The van der Waals surface area contributed by atoms with E-state index in [1.165, 1.54) is 19.2 Å². The van der Waals surface area contributed by atoms with Gasteiger partial charge in [0.15, 0.2) is 11.6 Å². The first-order valence-electron chi connectivity index (χ1n) is 5.63. The Morgan fingerprint density at radius 3 is 2.67 bits per heavy atom. The molecule has 0 aliphatic carbocycles. The van der Waals surface area contributed by atoms with Gasteiger partial charge in [0.1, 0.15) is 6.33 Å². The summed E-state index contributed by atoms with van der Waals surface area (Å²) in [5, 5.41) is 13.7. The van der Waals surface area contributed by atoms with E-state index in [1.54, 1.807) is 0 Å². The third-order valence-corrected chi connectivity index (χ3v) is 2.56. The lowest BCUT2D eigenvalue weighted by Crippen LogP contribution is -2.12. The molecular formula is C11H11FN6O3. The molecule has 4 N–H and O–H groups in total. The van der Waals surface area contributed by atoms with Crippen LogP contribution >= 0.6 is 0 Å². The van der Waals surface area contributed by atoms with Crippen molar-refractivity contribution < 1.29 is 14.1 Å². The van der Waals surface area contributed by atoms with E-state index < -0.39 is 16.4 Å². The molecule has 0 radical (unpaired) electrons. The van der Waals surface area contributed by atoms with Crippen molar-refractivity contribution in [2.24, 2.45) is 5.84 Å². The number of nitro groups is 1. The van der Waals surface area contributed by atoms with Crippen molar-refractivity contribution in [3.05, 3.63) is 40.5 Å². The third-order valence-electron chi connectivity index (χ3n) is 2.56. The molecule has 21 heavy (non-hydrogen) atoms. The van der Waals surface area contributed by atoms with Gasteiger partial charge in [-0.3, -0.25) is 10.1 Å². The minimum atomic E-state index is -0.697. The van der Waals surface area contributed by atoms with Gasteiger partial charge in [0.2, 0.25) is 11.6 Å². The number of hydrogen-bond donors (Lipinski definition) is 3. The molecule has 1 aromatic heterocycles. The van der Waals surface area contributed by atoms with Crippen molar-refractivity contribution in [1.29, 1.82) is 0 Å². The molecule has 0 bridgehead atoms. The second-order valence-electron chi connectivity index (χ2n) is 3.80. The largest absolute Gasteiger partial charge is 0.494 e. The first kappa shape index (κ1) is 14.4. The van der Waals surface area contributed by atoms with Gasteiger partial charge in [-0.25, -0.2) is 20.2 Å². The van der Waals surface area contributed by atoms with Crippen LogP contribution in [-0.4, -0.2) is 22.0 Å². The SMILES string of the molecule is COc1ccc(Nc2ncnc(NN)c2[N+](=O)[O-])cc1F. The lowest BCUT2D eigenvalue weighted by atomic mass is 10.3.